The molecule has 18 heavy (non-hydrogen) atoms. The van der Waals surface area contributed by atoms with Gasteiger partial charge in [0.15, 0.2) is 0 Å². The van der Waals surface area contributed by atoms with E-state index in [1.807, 2.05) is 0 Å². The summed E-state index contributed by atoms with van der Waals surface area (Å²) in [5.41, 5.74) is 6.82. The number of nitrogen functional groups attached to an aromatic ring is 1. The highest BCUT2D eigenvalue weighted by atomic mass is 19.1. The van der Waals surface area contributed by atoms with Gasteiger partial charge in [0, 0.05) is 6.04 Å². The van der Waals surface area contributed by atoms with Crippen molar-refractivity contribution in [2.75, 3.05) is 11.1 Å². The number of nitrogens with one attached hydrogen (secondary N) is 1. The van der Waals surface area contributed by atoms with Crippen LogP contribution in [0.2, 0.25) is 0 Å². The minimum absolute atomic E-state index is 0.216. The highest BCUT2D eigenvalue weighted by Crippen LogP contribution is 2.28. The number of benzene rings is 1. The van der Waals surface area contributed by atoms with Crippen molar-refractivity contribution >= 4 is 17.3 Å². The molecule has 4 nitrogen and oxygen atoms in total. The zero-order valence-electron chi connectivity index (χ0n) is 10.0. The van der Waals surface area contributed by atoms with Crippen LogP contribution in [-0.2, 0) is 4.79 Å². The fraction of sp³-hybridized carbons (Fsp3) is 0.462. The normalized spacial score (nSPS) is 23.6. The van der Waals surface area contributed by atoms with Gasteiger partial charge < -0.3 is 16.2 Å². The molecular weight excluding hydrogens is 235 g/mol. The Labute approximate surface area is 105 Å². The molecule has 2 rings (SSSR count). The van der Waals surface area contributed by atoms with Gasteiger partial charge in [0.1, 0.15) is 5.82 Å². The van der Waals surface area contributed by atoms with Crippen molar-refractivity contribution in [3.63, 3.8) is 0 Å². The number of hydrogen-bond acceptors (Lipinski definition) is 3. The van der Waals surface area contributed by atoms with Crippen LogP contribution in [-0.4, -0.2) is 17.1 Å². The Morgan fingerprint density at radius 2 is 2.00 bits per heavy atom. The largest absolute Gasteiger partial charge is 0.481 e. The molecule has 0 aliphatic heterocycles. The van der Waals surface area contributed by atoms with E-state index in [4.69, 9.17) is 10.8 Å². The summed E-state index contributed by atoms with van der Waals surface area (Å²) in [5.74, 6) is -1.30. The molecule has 0 amide bonds. The van der Waals surface area contributed by atoms with Gasteiger partial charge in [-0.2, -0.15) is 0 Å². The highest BCUT2D eigenvalue weighted by molar-refractivity contribution is 5.70. The number of halogens is 1. The van der Waals surface area contributed by atoms with E-state index < -0.39 is 5.97 Å². The van der Waals surface area contributed by atoms with E-state index in [1.165, 1.54) is 12.1 Å². The Hall–Kier alpha value is -1.78. The molecule has 1 aromatic carbocycles. The molecule has 5 heteroatoms. The summed E-state index contributed by atoms with van der Waals surface area (Å²) in [6, 6.07) is 4.48. The van der Waals surface area contributed by atoms with Gasteiger partial charge in [0.2, 0.25) is 0 Å². The van der Waals surface area contributed by atoms with Crippen molar-refractivity contribution in [3.05, 3.63) is 24.0 Å². The molecule has 4 N–H and O–H groups in total. The van der Waals surface area contributed by atoms with Crippen LogP contribution in [0.25, 0.3) is 0 Å². The van der Waals surface area contributed by atoms with Crippen LogP contribution in [0.1, 0.15) is 25.7 Å². The first-order chi connectivity index (χ1) is 8.56. The van der Waals surface area contributed by atoms with Crippen LogP contribution in [0.15, 0.2) is 18.2 Å². The van der Waals surface area contributed by atoms with Crippen molar-refractivity contribution < 1.29 is 14.3 Å². The maximum atomic E-state index is 12.9. The fourth-order valence-corrected chi connectivity index (χ4v) is 2.37. The summed E-state index contributed by atoms with van der Waals surface area (Å²) in [6.45, 7) is 0. The Morgan fingerprint density at radius 3 is 2.56 bits per heavy atom. The number of rotatable bonds is 3. The first-order valence-electron chi connectivity index (χ1n) is 6.10. The molecule has 1 aliphatic rings. The summed E-state index contributed by atoms with van der Waals surface area (Å²) in [5, 5.41) is 12.2. The molecule has 0 atom stereocenters. The Bertz CT molecular complexity index is 443. The zero-order chi connectivity index (χ0) is 13.1. The third-order valence-electron chi connectivity index (χ3n) is 3.45. The van der Waals surface area contributed by atoms with E-state index in [0.717, 1.165) is 18.5 Å². The lowest BCUT2D eigenvalue weighted by molar-refractivity contribution is -0.142. The van der Waals surface area contributed by atoms with Crippen LogP contribution in [0.3, 0.4) is 0 Å². The Morgan fingerprint density at radius 1 is 1.33 bits per heavy atom. The second kappa shape index (κ2) is 5.25. The molecule has 0 unspecified atom stereocenters. The molecule has 0 bridgehead atoms. The molecule has 1 aliphatic carbocycles. The fourth-order valence-electron chi connectivity index (χ4n) is 2.37. The molecule has 98 valence electrons. The SMILES string of the molecule is Nc1cc(F)ccc1N[C@H]1CC[C@@H](C(=O)O)CC1. The van der Waals surface area contributed by atoms with E-state index in [9.17, 15) is 9.18 Å². The second-order valence-corrected chi connectivity index (χ2v) is 4.76. The maximum Gasteiger partial charge on any atom is 0.306 e. The Kier molecular flexibility index (Phi) is 3.69. The minimum Gasteiger partial charge on any atom is -0.481 e. The van der Waals surface area contributed by atoms with E-state index in [1.54, 1.807) is 6.07 Å². The van der Waals surface area contributed by atoms with Crippen molar-refractivity contribution in [1.29, 1.82) is 0 Å². The van der Waals surface area contributed by atoms with Crippen LogP contribution in [0.4, 0.5) is 15.8 Å². The lowest BCUT2D eigenvalue weighted by atomic mass is 9.86. The topological polar surface area (TPSA) is 75.3 Å². The molecule has 1 saturated carbocycles. The molecular formula is C13H17FN2O2. The first kappa shape index (κ1) is 12.7. The predicted octanol–water partition coefficient (Wildman–Crippen LogP) is 2.46. The summed E-state index contributed by atoms with van der Waals surface area (Å²) >= 11 is 0. The highest BCUT2D eigenvalue weighted by Gasteiger charge is 2.25. The molecule has 0 radical (unpaired) electrons. The van der Waals surface area contributed by atoms with Gasteiger partial charge in [0.05, 0.1) is 17.3 Å². The van der Waals surface area contributed by atoms with E-state index in [2.05, 4.69) is 5.32 Å². The van der Waals surface area contributed by atoms with Gasteiger partial charge in [-0.1, -0.05) is 0 Å². The lowest BCUT2D eigenvalue weighted by Gasteiger charge is -2.28. The predicted molar refractivity (Wildman–Crippen MR) is 67.8 cm³/mol. The first-order valence-corrected chi connectivity index (χ1v) is 6.10. The molecule has 0 heterocycles. The van der Waals surface area contributed by atoms with E-state index in [-0.39, 0.29) is 17.8 Å². The number of carbonyl (C=O) groups is 1. The van der Waals surface area contributed by atoms with E-state index >= 15 is 0 Å². The monoisotopic (exact) mass is 252 g/mol. The number of carboxylic acid groups (broad SMARTS) is 1. The number of anilines is 2. The van der Waals surface area contributed by atoms with Gasteiger partial charge in [0.25, 0.3) is 0 Å². The number of aliphatic carboxylic acids is 1. The van der Waals surface area contributed by atoms with Gasteiger partial charge >= 0.3 is 5.97 Å². The van der Waals surface area contributed by atoms with E-state index in [0.29, 0.717) is 18.5 Å². The quantitative estimate of drug-likeness (QED) is 0.722. The standard InChI is InChI=1S/C13H17FN2O2/c14-9-3-6-12(11(15)7-9)16-10-4-1-8(2-5-10)13(17)18/h3,6-8,10,16H,1-2,4-5,15H2,(H,17,18)/t8-,10+. The number of carboxylic acids is 1. The molecule has 0 saturated heterocycles. The molecule has 0 spiro atoms. The van der Waals surface area contributed by atoms with Crippen molar-refractivity contribution in [1.82, 2.24) is 0 Å². The second-order valence-electron chi connectivity index (χ2n) is 4.76. The molecule has 1 fully saturated rings. The number of hydrogen-bond donors (Lipinski definition) is 3. The van der Waals surface area contributed by atoms with Crippen molar-refractivity contribution in [2.45, 2.75) is 31.7 Å². The summed E-state index contributed by atoms with van der Waals surface area (Å²) < 4.78 is 12.9. The summed E-state index contributed by atoms with van der Waals surface area (Å²) in [6.07, 6.45) is 2.95. The van der Waals surface area contributed by atoms with Crippen LogP contribution < -0.4 is 11.1 Å². The number of nitrogens with two attached hydrogens (primary N) is 1. The molecule has 0 aromatic heterocycles. The van der Waals surface area contributed by atoms with Gasteiger partial charge in [-0.05, 0) is 43.9 Å². The third kappa shape index (κ3) is 2.91. The van der Waals surface area contributed by atoms with Gasteiger partial charge in [-0.25, -0.2) is 4.39 Å². The summed E-state index contributed by atoms with van der Waals surface area (Å²) in [4.78, 5) is 10.8. The smallest absolute Gasteiger partial charge is 0.306 e. The maximum absolute atomic E-state index is 12.9. The Balaban J connectivity index is 1.93. The van der Waals surface area contributed by atoms with Crippen LogP contribution >= 0.6 is 0 Å². The zero-order valence-corrected chi connectivity index (χ0v) is 10.0. The third-order valence-corrected chi connectivity index (χ3v) is 3.45. The average Bonchev–Trinajstić information content (AvgIpc) is 2.33. The van der Waals surface area contributed by atoms with Crippen LogP contribution in [0.5, 0.6) is 0 Å². The summed E-state index contributed by atoms with van der Waals surface area (Å²) in [7, 11) is 0. The van der Waals surface area contributed by atoms with Gasteiger partial charge in [-0.15, -0.1) is 0 Å². The average molecular weight is 252 g/mol. The lowest BCUT2D eigenvalue weighted by Crippen LogP contribution is -2.29. The molecule has 1 aromatic rings. The van der Waals surface area contributed by atoms with Crippen molar-refractivity contribution in [3.8, 4) is 0 Å². The minimum atomic E-state index is -0.713. The van der Waals surface area contributed by atoms with Gasteiger partial charge in [-0.3, -0.25) is 4.79 Å². The van der Waals surface area contributed by atoms with Crippen LogP contribution in [0, 0.1) is 11.7 Å². The van der Waals surface area contributed by atoms with Crippen molar-refractivity contribution in [2.24, 2.45) is 5.92 Å².